The molecule has 0 saturated carbocycles. The third-order valence-corrected chi connectivity index (χ3v) is 2.28. The van der Waals surface area contributed by atoms with Crippen LogP contribution in [0.1, 0.15) is 45.9 Å². The molecule has 1 aromatic heterocycles. The van der Waals surface area contributed by atoms with Gasteiger partial charge in [-0.25, -0.2) is 4.68 Å². The highest BCUT2D eigenvalue weighted by Crippen LogP contribution is 2.21. The van der Waals surface area contributed by atoms with Gasteiger partial charge in [-0.2, -0.15) is 0 Å². The summed E-state index contributed by atoms with van der Waals surface area (Å²) in [7, 11) is 0. The molecule has 1 rings (SSSR count). The minimum atomic E-state index is -0.854. The molecule has 13 heavy (non-hydrogen) atoms. The maximum absolute atomic E-state index is 9.87. The van der Waals surface area contributed by atoms with Gasteiger partial charge in [0.1, 0.15) is 11.3 Å². The lowest BCUT2D eigenvalue weighted by Crippen LogP contribution is -2.20. The van der Waals surface area contributed by atoms with Crippen LogP contribution in [0.25, 0.3) is 0 Å². The SMILES string of the molecule is CCC(C)(O)c1cn(C(C)C)nn1. The van der Waals surface area contributed by atoms with Gasteiger partial charge in [0, 0.05) is 6.04 Å². The van der Waals surface area contributed by atoms with Gasteiger partial charge in [-0.15, -0.1) is 5.10 Å². The van der Waals surface area contributed by atoms with Crippen molar-refractivity contribution < 1.29 is 5.11 Å². The Morgan fingerprint density at radius 3 is 2.62 bits per heavy atom. The van der Waals surface area contributed by atoms with Crippen molar-refractivity contribution in [1.29, 1.82) is 0 Å². The molecule has 4 nitrogen and oxygen atoms in total. The predicted octanol–water partition coefficient (Wildman–Crippen LogP) is 1.48. The van der Waals surface area contributed by atoms with Gasteiger partial charge in [0.2, 0.25) is 0 Å². The normalized spacial score (nSPS) is 16.2. The summed E-state index contributed by atoms with van der Waals surface area (Å²) in [6.07, 6.45) is 2.44. The van der Waals surface area contributed by atoms with Crippen molar-refractivity contribution in [1.82, 2.24) is 15.0 Å². The largest absolute Gasteiger partial charge is 0.384 e. The monoisotopic (exact) mass is 183 g/mol. The van der Waals surface area contributed by atoms with Crippen LogP contribution in [0, 0.1) is 0 Å². The first-order chi connectivity index (χ1) is 5.97. The fourth-order valence-corrected chi connectivity index (χ4v) is 0.957. The van der Waals surface area contributed by atoms with Crippen LogP contribution < -0.4 is 0 Å². The molecule has 0 aromatic carbocycles. The van der Waals surface area contributed by atoms with Crippen molar-refractivity contribution in [3.05, 3.63) is 11.9 Å². The van der Waals surface area contributed by atoms with Gasteiger partial charge in [-0.05, 0) is 27.2 Å². The van der Waals surface area contributed by atoms with Crippen LogP contribution in [0.5, 0.6) is 0 Å². The number of aromatic nitrogens is 3. The Hall–Kier alpha value is -0.900. The second-order valence-corrected chi connectivity index (χ2v) is 3.80. The van der Waals surface area contributed by atoms with E-state index in [4.69, 9.17) is 0 Å². The quantitative estimate of drug-likeness (QED) is 0.772. The van der Waals surface area contributed by atoms with E-state index in [9.17, 15) is 5.11 Å². The van der Waals surface area contributed by atoms with Gasteiger partial charge in [0.05, 0.1) is 6.20 Å². The molecule has 0 radical (unpaired) electrons. The van der Waals surface area contributed by atoms with Crippen LogP contribution in [-0.2, 0) is 5.60 Å². The first-order valence-electron chi connectivity index (χ1n) is 4.62. The van der Waals surface area contributed by atoms with E-state index in [2.05, 4.69) is 10.3 Å². The van der Waals surface area contributed by atoms with E-state index in [-0.39, 0.29) is 6.04 Å². The van der Waals surface area contributed by atoms with E-state index in [1.807, 2.05) is 20.8 Å². The number of hydrogen-bond donors (Lipinski definition) is 1. The molecule has 1 heterocycles. The van der Waals surface area contributed by atoms with Crippen LogP contribution in [0.2, 0.25) is 0 Å². The Kier molecular flexibility index (Phi) is 2.71. The highest BCUT2D eigenvalue weighted by atomic mass is 16.3. The summed E-state index contributed by atoms with van der Waals surface area (Å²) >= 11 is 0. The Labute approximate surface area is 78.6 Å². The molecule has 0 fully saturated rings. The van der Waals surface area contributed by atoms with E-state index in [0.29, 0.717) is 12.1 Å². The fraction of sp³-hybridized carbons (Fsp3) is 0.778. The lowest BCUT2D eigenvalue weighted by atomic mass is 10.0. The van der Waals surface area contributed by atoms with Crippen LogP contribution in [-0.4, -0.2) is 20.1 Å². The maximum atomic E-state index is 9.87. The minimum absolute atomic E-state index is 0.286. The minimum Gasteiger partial charge on any atom is -0.384 e. The summed E-state index contributed by atoms with van der Waals surface area (Å²) in [5.74, 6) is 0. The summed E-state index contributed by atoms with van der Waals surface area (Å²) in [6, 6.07) is 0.286. The third-order valence-electron chi connectivity index (χ3n) is 2.28. The molecule has 4 heteroatoms. The number of aliphatic hydroxyl groups is 1. The molecular weight excluding hydrogens is 166 g/mol. The van der Waals surface area contributed by atoms with Crippen molar-refractivity contribution in [2.24, 2.45) is 0 Å². The number of hydrogen-bond acceptors (Lipinski definition) is 3. The summed E-state index contributed by atoms with van der Waals surface area (Å²) in [4.78, 5) is 0. The first-order valence-corrected chi connectivity index (χ1v) is 4.62. The second kappa shape index (κ2) is 3.46. The zero-order chi connectivity index (χ0) is 10.1. The van der Waals surface area contributed by atoms with Gasteiger partial charge in [0.25, 0.3) is 0 Å². The summed E-state index contributed by atoms with van der Waals surface area (Å²) < 4.78 is 1.75. The van der Waals surface area contributed by atoms with Crippen LogP contribution in [0.4, 0.5) is 0 Å². The standard InChI is InChI=1S/C9H17N3O/c1-5-9(4,13)8-6-12(7(2)3)11-10-8/h6-7,13H,5H2,1-4H3. The van der Waals surface area contributed by atoms with Crippen molar-refractivity contribution in [2.75, 3.05) is 0 Å². The van der Waals surface area contributed by atoms with Gasteiger partial charge < -0.3 is 5.11 Å². The molecule has 1 atom stereocenters. The topological polar surface area (TPSA) is 50.9 Å². The maximum Gasteiger partial charge on any atom is 0.114 e. The Bertz CT molecular complexity index is 278. The molecule has 0 aliphatic heterocycles. The van der Waals surface area contributed by atoms with Crippen molar-refractivity contribution >= 4 is 0 Å². The van der Waals surface area contributed by atoms with Gasteiger partial charge in [-0.1, -0.05) is 12.1 Å². The average molecular weight is 183 g/mol. The second-order valence-electron chi connectivity index (χ2n) is 3.80. The summed E-state index contributed by atoms with van der Waals surface area (Å²) in [5, 5.41) is 17.8. The molecule has 0 amide bonds. The highest BCUT2D eigenvalue weighted by molar-refractivity contribution is 5.04. The predicted molar refractivity (Wildman–Crippen MR) is 50.3 cm³/mol. The lowest BCUT2D eigenvalue weighted by Gasteiger charge is -2.17. The molecular formula is C9H17N3O. The third kappa shape index (κ3) is 2.06. The molecule has 1 aromatic rings. The van der Waals surface area contributed by atoms with E-state index >= 15 is 0 Å². The van der Waals surface area contributed by atoms with Gasteiger partial charge in [0.15, 0.2) is 0 Å². The van der Waals surface area contributed by atoms with Gasteiger partial charge in [-0.3, -0.25) is 0 Å². The van der Waals surface area contributed by atoms with Crippen LogP contribution in [0.3, 0.4) is 0 Å². The Balaban J connectivity index is 2.91. The van der Waals surface area contributed by atoms with Crippen molar-refractivity contribution in [3.63, 3.8) is 0 Å². The molecule has 1 unspecified atom stereocenters. The molecule has 0 aliphatic carbocycles. The van der Waals surface area contributed by atoms with E-state index in [0.717, 1.165) is 0 Å². The molecule has 0 saturated heterocycles. The number of nitrogens with zero attached hydrogens (tertiary/aromatic N) is 3. The van der Waals surface area contributed by atoms with Crippen LogP contribution >= 0.6 is 0 Å². The van der Waals surface area contributed by atoms with Gasteiger partial charge >= 0.3 is 0 Å². The molecule has 1 N–H and O–H groups in total. The highest BCUT2D eigenvalue weighted by Gasteiger charge is 2.24. The lowest BCUT2D eigenvalue weighted by molar-refractivity contribution is 0.0484. The Morgan fingerprint density at radius 1 is 1.62 bits per heavy atom. The smallest absolute Gasteiger partial charge is 0.114 e. The van der Waals surface area contributed by atoms with E-state index < -0.39 is 5.60 Å². The summed E-state index contributed by atoms with van der Waals surface area (Å²) in [5.41, 5.74) is -0.212. The molecule has 0 bridgehead atoms. The summed E-state index contributed by atoms with van der Waals surface area (Å²) in [6.45, 7) is 7.73. The first kappa shape index (κ1) is 10.2. The zero-order valence-electron chi connectivity index (χ0n) is 8.65. The van der Waals surface area contributed by atoms with E-state index in [1.54, 1.807) is 17.8 Å². The fourth-order valence-electron chi connectivity index (χ4n) is 0.957. The molecule has 74 valence electrons. The average Bonchev–Trinajstić information content (AvgIpc) is 2.52. The number of rotatable bonds is 3. The Morgan fingerprint density at radius 2 is 2.23 bits per heavy atom. The molecule has 0 aliphatic rings. The van der Waals surface area contributed by atoms with Crippen molar-refractivity contribution in [2.45, 2.75) is 45.8 Å². The van der Waals surface area contributed by atoms with Crippen molar-refractivity contribution in [3.8, 4) is 0 Å². The zero-order valence-corrected chi connectivity index (χ0v) is 8.65. The molecule has 0 spiro atoms. The van der Waals surface area contributed by atoms with Crippen LogP contribution in [0.15, 0.2) is 6.20 Å². The van der Waals surface area contributed by atoms with E-state index in [1.165, 1.54) is 0 Å².